The van der Waals surface area contributed by atoms with Crippen molar-refractivity contribution in [3.63, 3.8) is 0 Å². The molecule has 0 unspecified atom stereocenters. The third kappa shape index (κ3) is 2.52. The number of piperidine rings is 1. The molecule has 8 heteroatoms. The zero-order chi connectivity index (χ0) is 17.8. The molecule has 130 valence electrons. The van der Waals surface area contributed by atoms with Crippen molar-refractivity contribution in [2.45, 2.75) is 18.4 Å². The molecule has 6 nitrogen and oxygen atoms in total. The van der Waals surface area contributed by atoms with Crippen molar-refractivity contribution in [1.82, 2.24) is 4.90 Å². The van der Waals surface area contributed by atoms with Crippen LogP contribution in [0.5, 0.6) is 0 Å². The Balaban J connectivity index is 1.70. The van der Waals surface area contributed by atoms with Crippen molar-refractivity contribution < 1.29 is 28.6 Å². The van der Waals surface area contributed by atoms with E-state index in [-0.39, 0.29) is 16.2 Å². The maximum absolute atomic E-state index is 13.7. The van der Waals surface area contributed by atoms with Gasteiger partial charge in [0.25, 0.3) is 0 Å². The summed E-state index contributed by atoms with van der Waals surface area (Å²) in [4.78, 5) is 37.2. The Morgan fingerprint density at radius 3 is 2.60 bits per heavy atom. The number of ether oxygens (including phenoxy) is 1. The zero-order valence-electron chi connectivity index (χ0n) is 13.1. The number of ketones is 2. The number of thioether (sulfide) groups is 1. The van der Waals surface area contributed by atoms with Crippen LogP contribution in [0.15, 0.2) is 23.1 Å². The summed E-state index contributed by atoms with van der Waals surface area (Å²) >= 11 is 1.24. The van der Waals surface area contributed by atoms with Crippen molar-refractivity contribution in [3.05, 3.63) is 40.0 Å². The predicted molar refractivity (Wildman–Crippen MR) is 87.8 cm³/mol. The molecule has 1 N–H and O–H groups in total. The number of benzene rings is 1. The third-order valence-electron chi connectivity index (χ3n) is 4.83. The van der Waals surface area contributed by atoms with Gasteiger partial charge in [-0.25, -0.2) is 9.18 Å². The van der Waals surface area contributed by atoms with Crippen LogP contribution in [0.1, 0.15) is 28.8 Å². The number of carbonyl (C=O) groups is 3. The third-order valence-corrected chi connectivity index (χ3v) is 6.16. The second-order valence-corrected chi connectivity index (χ2v) is 7.34. The Hall–Kier alpha value is -2.35. The molecule has 2 aliphatic heterocycles. The molecule has 1 spiro atoms. The number of halogens is 1. The largest absolute Gasteiger partial charge is 0.484 e. The van der Waals surface area contributed by atoms with Gasteiger partial charge < -0.3 is 14.7 Å². The van der Waals surface area contributed by atoms with Gasteiger partial charge in [0, 0.05) is 42.8 Å². The lowest BCUT2D eigenvalue weighted by molar-refractivity contribution is -0.111. The van der Waals surface area contributed by atoms with Gasteiger partial charge in [-0.05, 0) is 18.2 Å². The Morgan fingerprint density at radius 2 is 1.92 bits per heavy atom. The molecule has 0 aromatic heterocycles. The highest BCUT2D eigenvalue weighted by Crippen LogP contribution is 2.47. The fraction of sp³-hybridized carbons (Fsp3) is 0.353. The van der Waals surface area contributed by atoms with Gasteiger partial charge in [-0.2, -0.15) is 0 Å². The fourth-order valence-corrected chi connectivity index (χ4v) is 4.65. The van der Waals surface area contributed by atoms with E-state index >= 15 is 0 Å². The number of allylic oxidation sites excluding steroid dienone is 1. The molecule has 2 heterocycles. The van der Waals surface area contributed by atoms with Crippen LogP contribution < -0.4 is 0 Å². The number of fused-ring (bicyclic) bond motifs is 2. The van der Waals surface area contributed by atoms with Gasteiger partial charge in [0.1, 0.15) is 22.1 Å². The molecule has 25 heavy (non-hydrogen) atoms. The number of likely N-dealkylation sites (tertiary alicyclic amines) is 1. The van der Waals surface area contributed by atoms with Crippen LogP contribution in [0.3, 0.4) is 0 Å². The lowest BCUT2D eigenvalue weighted by Gasteiger charge is -2.44. The average molecular weight is 363 g/mol. The molecule has 1 aliphatic carbocycles. The van der Waals surface area contributed by atoms with E-state index in [0.29, 0.717) is 37.2 Å². The van der Waals surface area contributed by atoms with Gasteiger partial charge in [-0.15, -0.1) is 11.8 Å². The lowest BCUT2D eigenvalue weighted by Crippen LogP contribution is -2.50. The number of hydrogen-bond donors (Lipinski definition) is 1. The van der Waals surface area contributed by atoms with Crippen LogP contribution in [0.2, 0.25) is 0 Å². The molecule has 0 bridgehead atoms. The molecular formula is C17H14FNO5S. The first-order valence-corrected chi connectivity index (χ1v) is 8.82. The number of amides is 1. The molecule has 1 amide bonds. The summed E-state index contributed by atoms with van der Waals surface area (Å²) in [7, 11) is 0. The normalized spacial score (nSPS) is 21.7. The second kappa shape index (κ2) is 5.59. The van der Waals surface area contributed by atoms with E-state index in [9.17, 15) is 18.8 Å². The summed E-state index contributed by atoms with van der Waals surface area (Å²) in [5.41, 5.74) is -0.169. The van der Waals surface area contributed by atoms with Gasteiger partial charge in [-0.1, -0.05) is 0 Å². The number of Topliss-reactive ketones (excluding diaryl/α,β-unsaturated/α-hetero) is 2. The first-order valence-electron chi connectivity index (χ1n) is 7.83. The highest BCUT2D eigenvalue weighted by atomic mass is 32.2. The van der Waals surface area contributed by atoms with Crippen LogP contribution >= 0.6 is 11.8 Å². The molecule has 1 saturated heterocycles. The first-order chi connectivity index (χ1) is 11.9. The summed E-state index contributed by atoms with van der Waals surface area (Å²) in [5, 5.41) is 9.08. The summed E-state index contributed by atoms with van der Waals surface area (Å²) in [6.07, 6.45) is -0.00443. The SMILES string of the molecule is O=C1C(=O)c2ccc(F)cc2C2=C1SCC1(CCN(C(=O)O)CC1)O2. The average Bonchev–Trinajstić information content (AvgIpc) is 2.60. The van der Waals surface area contributed by atoms with Gasteiger partial charge in [0.05, 0.1) is 0 Å². The van der Waals surface area contributed by atoms with Crippen LogP contribution in [-0.4, -0.2) is 52.1 Å². The molecule has 1 aromatic rings. The predicted octanol–water partition coefficient (Wildman–Crippen LogP) is 2.54. The van der Waals surface area contributed by atoms with Gasteiger partial charge in [-0.3, -0.25) is 9.59 Å². The van der Waals surface area contributed by atoms with Crippen molar-refractivity contribution in [2.24, 2.45) is 0 Å². The number of nitrogens with zero attached hydrogens (tertiary/aromatic N) is 1. The van der Waals surface area contributed by atoms with Crippen LogP contribution in [0.4, 0.5) is 9.18 Å². The topological polar surface area (TPSA) is 83.9 Å². The van der Waals surface area contributed by atoms with Crippen molar-refractivity contribution in [2.75, 3.05) is 18.8 Å². The van der Waals surface area contributed by atoms with Gasteiger partial charge >= 0.3 is 6.09 Å². The van der Waals surface area contributed by atoms with Crippen LogP contribution in [0.25, 0.3) is 5.76 Å². The summed E-state index contributed by atoms with van der Waals surface area (Å²) in [6, 6.07) is 3.66. The Labute approximate surface area is 146 Å². The highest BCUT2D eigenvalue weighted by Gasteiger charge is 2.46. The van der Waals surface area contributed by atoms with E-state index < -0.39 is 29.1 Å². The Morgan fingerprint density at radius 1 is 1.20 bits per heavy atom. The second-order valence-electron chi connectivity index (χ2n) is 6.35. The lowest BCUT2D eigenvalue weighted by atomic mass is 9.90. The molecule has 0 radical (unpaired) electrons. The Kier molecular flexibility index (Phi) is 3.61. The molecular weight excluding hydrogens is 349 g/mol. The summed E-state index contributed by atoms with van der Waals surface area (Å²) < 4.78 is 19.8. The Bertz CT molecular complexity index is 841. The first kappa shape index (κ1) is 16.1. The maximum atomic E-state index is 13.7. The van der Waals surface area contributed by atoms with E-state index in [4.69, 9.17) is 9.84 Å². The molecule has 3 aliphatic rings. The zero-order valence-corrected chi connectivity index (χ0v) is 13.9. The van der Waals surface area contributed by atoms with Crippen molar-refractivity contribution >= 4 is 35.2 Å². The smallest absolute Gasteiger partial charge is 0.407 e. The maximum Gasteiger partial charge on any atom is 0.407 e. The van der Waals surface area contributed by atoms with Gasteiger partial charge in [0.2, 0.25) is 11.6 Å². The molecule has 1 fully saturated rings. The van der Waals surface area contributed by atoms with Crippen LogP contribution in [-0.2, 0) is 9.53 Å². The molecule has 1 aromatic carbocycles. The quantitative estimate of drug-likeness (QED) is 0.713. The number of rotatable bonds is 0. The minimum Gasteiger partial charge on any atom is -0.484 e. The number of hydrogen-bond acceptors (Lipinski definition) is 5. The molecule has 4 rings (SSSR count). The highest BCUT2D eigenvalue weighted by molar-refractivity contribution is 8.04. The minimum atomic E-state index is -0.968. The van der Waals surface area contributed by atoms with E-state index in [0.717, 1.165) is 6.07 Å². The van der Waals surface area contributed by atoms with E-state index in [1.54, 1.807) is 0 Å². The summed E-state index contributed by atoms with van der Waals surface area (Å²) in [5.74, 6) is -1.08. The van der Waals surface area contributed by atoms with E-state index in [1.807, 2.05) is 0 Å². The van der Waals surface area contributed by atoms with Gasteiger partial charge in [0.15, 0.2) is 0 Å². The molecule has 0 saturated carbocycles. The number of carboxylic acid groups (broad SMARTS) is 1. The minimum absolute atomic E-state index is 0.144. The van der Waals surface area contributed by atoms with Crippen LogP contribution in [0, 0.1) is 5.82 Å². The standard InChI is InChI=1S/C17H14FNO5S/c18-9-1-2-10-11(7-9)14-15(13(21)12(10)20)25-8-17(24-14)3-5-19(6-4-17)16(22)23/h1-2,7H,3-6,8H2,(H,22,23). The fourth-order valence-electron chi connectivity index (χ4n) is 3.39. The molecule has 0 atom stereocenters. The van der Waals surface area contributed by atoms with E-state index in [2.05, 4.69) is 0 Å². The van der Waals surface area contributed by atoms with Crippen molar-refractivity contribution in [1.29, 1.82) is 0 Å². The summed E-state index contributed by atoms with van der Waals surface area (Å²) in [6.45, 7) is 0.669. The van der Waals surface area contributed by atoms with E-state index in [1.165, 1.54) is 28.8 Å². The monoisotopic (exact) mass is 363 g/mol. The number of carbonyl (C=O) groups excluding carboxylic acids is 2. The van der Waals surface area contributed by atoms with Crippen molar-refractivity contribution in [3.8, 4) is 0 Å².